The molecule has 0 unspecified atom stereocenters. The summed E-state index contributed by atoms with van der Waals surface area (Å²) in [7, 11) is 0. The molecule has 1 aromatic rings. The average Bonchev–Trinajstić information content (AvgIpc) is 2.20. The van der Waals surface area contributed by atoms with Crippen LogP contribution in [0.5, 0.6) is 0 Å². The number of aromatic carboxylic acids is 1. The zero-order chi connectivity index (χ0) is 11.3. The number of hydrogen-bond donors (Lipinski definition) is 2. The lowest BCUT2D eigenvalue weighted by Gasteiger charge is -2.04. The number of aryl methyl sites for hydroxylation is 1. The molecule has 0 saturated carbocycles. The fourth-order valence-corrected chi connectivity index (χ4v) is 1.22. The predicted octanol–water partition coefficient (Wildman–Crippen LogP) is 0.319. The van der Waals surface area contributed by atoms with Crippen molar-refractivity contribution in [2.45, 2.75) is 19.4 Å². The quantitative estimate of drug-likeness (QED) is 0.687. The lowest BCUT2D eigenvalue weighted by Crippen LogP contribution is -2.20. The minimum Gasteiger partial charge on any atom is -0.478 e. The van der Waals surface area contributed by atoms with Crippen molar-refractivity contribution in [2.75, 3.05) is 6.61 Å². The number of carboxylic acid groups (broad SMARTS) is 1. The van der Waals surface area contributed by atoms with Gasteiger partial charge in [0.2, 0.25) is 0 Å². The van der Waals surface area contributed by atoms with E-state index in [1.807, 2.05) is 0 Å². The van der Waals surface area contributed by atoms with E-state index in [0.717, 1.165) is 6.07 Å². The summed E-state index contributed by atoms with van der Waals surface area (Å²) in [5, 5.41) is 17.2. The van der Waals surface area contributed by atoms with E-state index in [1.54, 1.807) is 0 Å². The van der Waals surface area contributed by atoms with Gasteiger partial charge in [0.05, 0.1) is 5.56 Å². The van der Waals surface area contributed by atoms with Gasteiger partial charge in [0.1, 0.15) is 0 Å². The second kappa shape index (κ2) is 5.31. The highest BCUT2D eigenvalue weighted by Gasteiger charge is 2.04. The molecule has 0 aromatic carbocycles. The first kappa shape index (κ1) is 11.5. The number of pyridine rings is 1. The number of aromatic nitrogens is 1. The van der Waals surface area contributed by atoms with E-state index in [4.69, 9.17) is 10.2 Å². The number of hydrogen-bond acceptors (Lipinski definition) is 3. The van der Waals surface area contributed by atoms with Gasteiger partial charge in [-0.05, 0) is 18.9 Å². The van der Waals surface area contributed by atoms with Crippen LogP contribution < -0.4 is 5.56 Å². The van der Waals surface area contributed by atoms with Crippen molar-refractivity contribution in [2.24, 2.45) is 0 Å². The molecule has 0 bridgehead atoms. The highest BCUT2D eigenvalue weighted by Crippen LogP contribution is 1.96. The van der Waals surface area contributed by atoms with Gasteiger partial charge < -0.3 is 14.8 Å². The molecule has 5 heteroatoms. The van der Waals surface area contributed by atoms with Crippen LogP contribution in [0.15, 0.2) is 23.1 Å². The summed E-state index contributed by atoms with van der Waals surface area (Å²) >= 11 is 0. The molecule has 0 amide bonds. The lowest BCUT2D eigenvalue weighted by molar-refractivity contribution is 0.0696. The molecule has 82 valence electrons. The van der Waals surface area contributed by atoms with Gasteiger partial charge in [-0.25, -0.2) is 4.79 Å². The van der Waals surface area contributed by atoms with Gasteiger partial charge in [-0.3, -0.25) is 4.79 Å². The second-order valence-corrected chi connectivity index (χ2v) is 3.18. The van der Waals surface area contributed by atoms with Crippen LogP contribution in [0.4, 0.5) is 0 Å². The molecule has 0 fully saturated rings. The Hall–Kier alpha value is -1.62. The summed E-state index contributed by atoms with van der Waals surface area (Å²) in [6.45, 7) is 0.598. The first-order valence-electron chi connectivity index (χ1n) is 4.70. The van der Waals surface area contributed by atoms with Gasteiger partial charge in [0.15, 0.2) is 0 Å². The Morgan fingerprint density at radius 3 is 2.67 bits per heavy atom. The summed E-state index contributed by atoms with van der Waals surface area (Å²) < 4.78 is 1.43. The fourth-order valence-electron chi connectivity index (χ4n) is 1.22. The number of nitrogens with zero attached hydrogens (tertiary/aromatic N) is 1. The Bertz CT molecular complexity index is 397. The molecule has 2 N–H and O–H groups in total. The van der Waals surface area contributed by atoms with Crippen LogP contribution in [0.1, 0.15) is 23.2 Å². The Morgan fingerprint density at radius 1 is 1.40 bits per heavy atom. The summed E-state index contributed by atoms with van der Waals surface area (Å²) in [4.78, 5) is 21.9. The topological polar surface area (TPSA) is 79.5 Å². The monoisotopic (exact) mass is 211 g/mol. The molecule has 0 atom stereocenters. The Morgan fingerprint density at radius 2 is 2.13 bits per heavy atom. The van der Waals surface area contributed by atoms with E-state index in [2.05, 4.69) is 0 Å². The Balaban J connectivity index is 2.75. The van der Waals surface area contributed by atoms with Crippen molar-refractivity contribution in [3.8, 4) is 0 Å². The number of rotatable bonds is 5. The third-order valence-corrected chi connectivity index (χ3v) is 2.05. The van der Waals surface area contributed by atoms with Crippen LogP contribution in [0.3, 0.4) is 0 Å². The van der Waals surface area contributed by atoms with Crippen LogP contribution in [0.25, 0.3) is 0 Å². The number of unbranched alkanes of at least 4 members (excludes halogenated alkanes) is 1. The highest BCUT2D eigenvalue weighted by molar-refractivity contribution is 5.87. The maximum Gasteiger partial charge on any atom is 0.335 e. The van der Waals surface area contributed by atoms with Crippen LogP contribution in [-0.2, 0) is 6.54 Å². The molecule has 1 aromatic heterocycles. The van der Waals surface area contributed by atoms with E-state index < -0.39 is 5.97 Å². The van der Waals surface area contributed by atoms with Crippen molar-refractivity contribution in [1.82, 2.24) is 4.57 Å². The molecule has 0 radical (unpaired) electrons. The summed E-state index contributed by atoms with van der Waals surface area (Å²) in [5.41, 5.74) is -0.328. The third-order valence-electron chi connectivity index (χ3n) is 2.05. The Kier molecular flexibility index (Phi) is 4.05. The first-order chi connectivity index (χ1) is 7.15. The molecule has 1 heterocycles. The van der Waals surface area contributed by atoms with Gasteiger partial charge in [-0.15, -0.1) is 0 Å². The van der Waals surface area contributed by atoms with E-state index in [0.29, 0.717) is 19.4 Å². The maximum absolute atomic E-state index is 11.4. The summed E-state index contributed by atoms with van der Waals surface area (Å²) in [5.74, 6) is -1.10. The lowest BCUT2D eigenvalue weighted by atomic mass is 10.2. The minimum atomic E-state index is -1.10. The maximum atomic E-state index is 11.4. The number of aliphatic hydroxyl groups is 1. The largest absolute Gasteiger partial charge is 0.478 e. The van der Waals surface area contributed by atoms with Crippen LogP contribution in [-0.4, -0.2) is 27.4 Å². The fraction of sp³-hybridized carbons (Fsp3) is 0.400. The van der Waals surface area contributed by atoms with Crippen molar-refractivity contribution in [3.05, 3.63) is 34.2 Å². The highest BCUT2D eigenvalue weighted by atomic mass is 16.4. The van der Waals surface area contributed by atoms with E-state index in [9.17, 15) is 9.59 Å². The molecule has 0 saturated heterocycles. The zero-order valence-corrected chi connectivity index (χ0v) is 8.22. The van der Waals surface area contributed by atoms with Gasteiger partial charge in [0, 0.05) is 25.4 Å². The van der Waals surface area contributed by atoms with Gasteiger partial charge in [-0.1, -0.05) is 0 Å². The average molecular weight is 211 g/mol. The SMILES string of the molecule is O=C(O)c1ccn(CCCCO)c(=O)c1. The van der Waals surface area contributed by atoms with Crippen LogP contribution >= 0.6 is 0 Å². The zero-order valence-electron chi connectivity index (χ0n) is 8.22. The summed E-state index contributed by atoms with van der Waals surface area (Å²) in [6, 6.07) is 2.49. The van der Waals surface area contributed by atoms with E-state index in [1.165, 1.54) is 16.8 Å². The van der Waals surface area contributed by atoms with Crippen molar-refractivity contribution in [1.29, 1.82) is 0 Å². The molecular weight excluding hydrogens is 198 g/mol. The standard InChI is InChI=1S/C10H13NO4/c12-6-2-1-4-11-5-3-8(10(14)15)7-9(11)13/h3,5,7,12H,1-2,4,6H2,(H,14,15). The number of aliphatic hydroxyl groups excluding tert-OH is 1. The first-order valence-corrected chi connectivity index (χ1v) is 4.70. The predicted molar refractivity (Wildman–Crippen MR) is 54.0 cm³/mol. The van der Waals surface area contributed by atoms with Crippen molar-refractivity contribution in [3.63, 3.8) is 0 Å². The van der Waals surface area contributed by atoms with Crippen molar-refractivity contribution < 1.29 is 15.0 Å². The van der Waals surface area contributed by atoms with E-state index in [-0.39, 0.29) is 17.7 Å². The number of carbonyl (C=O) groups is 1. The molecular formula is C10H13NO4. The smallest absolute Gasteiger partial charge is 0.335 e. The van der Waals surface area contributed by atoms with Crippen molar-refractivity contribution >= 4 is 5.97 Å². The van der Waals surface area contributed by atoms with Crippen LogP contribution in [0.2, 0.25) is 0 Å². The van der Waals surface area contributed by atoms with Gasteiger partial charge in [0.25, 0.3) is 5.56 Å². The third kappa shape index (κ3) is 3.21. The van der Waals surface area contributed by atoms with Gasteiger partial charge >= 0.3 is 5.97 Å². The Labute approximate surface area is 86.6 Å². The molecule has 0 aliphatic heterocycles. The normalized spacial score (nSPS) is 10.2. The van der Waals surface area contributed by atoms with E-state index >= 15 is 0 Å². The molecule has 1 rings (SSSR count). The minimum absolute atomic E-state index is 0.00147. The molecule has 0 spiro atoms. The van der Waals surface area contributed by atoms with Crippen LogP contribution in [0, 0.1) is 0 Å². The molecule has 15 heavy (non-hydrogen) atoms. The second-order valence-electron chi connectivity index (χ2n) is 3.18. The summed E-state index contributed by atoms with van der Waals surface area (Å²) in [6.07, 6.45) is 2.79. The van der Waals surface area contributed by atoms with Gasteiger partial charge in [-0.2, -0.15) is 0 Å². The number of carboxylic acids is 1. The molecule has 0 aliphatic carbocycles. The molecule has 5 nitrogen and oxygen atoms in total. The molecule has 0 aliphatic rings.